The average Bonchev–Trinajstić information content (AvgIpc) is 2.15. The molecule has 0 saturated heterocycles. The molecule has 0 aliphatic heterocycles. The third kappa shape index (κ3) is 3.20. The van der Waals surface area contributed by atoms with Crippen molar-refractivity contribution in [2.75, 3.05) is 5.75 Å². The molecule has 0 aliphatic rings. The van der Waals surface area contributed by atoms with Gasteiger partial charge in [0, 0.05) is 16.2 Å². The maximum atomic E-state index is 5.47. The summed E-state index contributed by atoms with van der Waals surface area (Å²) in [6.07, 6.45) is 1.88. The van der Waals surface area contributed by atoms with E-state index in [-0.39, 0.29) is 0 Å². The van der Waals surface area contributed by atoms with Crippen molar-refractivity contribution in [3.8, 4) is 0 Å². The molecule has 0 spiro atoms. The number of hydrogen-bond donors (Lipinski definition) is 1. The van der Waals surface area contributed by atoms with E-state index in [2.05, 4.69) is 6.58 Å². The van der Waals surface area contributed by atoms with Crippen LogP contribution < -0.4 is 5.73 Å². The largest absolute Gasteiger partial charge is 0.389 e. The minimum Gasteiger partial charge on any atom is -0.389 e. The van der Waals surface area contributed by atoms with Gasteiger partial charge in [0.1, 0.15) is 4.99 Å². The van der Waals surface area contributed by atoms with Crippen molar-refractivity contribution in [1.82, 2.24) is 0 Å². The van der Waals surface area contributed by atoms with Gasteiger partial charge in [0.25, 0.3) is 0 Å². The first-order chi connectivity index (χ1) is 6.24. The van der Waals surface area contributed by atoms with Gasteiger partial charge in [-0.15, -0.1) is 18.3 Å². The Balaban J connectivity index is 2.69. The van der Waals surface area contributed by atoms with Crippen LogP contribution in [-0.4, -0.2) is 10.7 Å². The predicted molar refractivity (Wildman–Crippen MR) is 63.3 cm³/mol. The minimum absolute atomic E-state index is 0.445. The highest BCUT2D eigenvalue weighted by Gasteiger charge is 1.95. The van der Waals surface area contributed by atoms with Crippen LogP contribution in [0.3, 0.4) is 0 Å². The van der Waals surface area contributed by atoms with E-state index < -0.39 is 0 Å². The maximum absolute atomic E-state index is 5.47. The molecule has 2 N–H and O–H groups in total. The Morgan fingerprint density at radius 2 is 2.08 bits per heavy atom. The number of benzene rings is 1. The molecule has 3 heteroatoms. The van der Waals surface area contributed by atoms with E-state index in [0.717, 1.165) is 11.3 Å². The third-order valence-corrected chi connectivity index (χ3v) is 2.75. The zero-order valence-electron chi connectivity index (χ0n) is 7.19. The van der Waals surface area contributed by atoms with Crippen molar-refractivity contribution in [2.24, 2.45) is 5.73 Å². The number of thiocarbonyl (C=S) groups is 1. The third-order valence-electron chi connectivity index (χ3n) is 1.51. The molecule has 1 rings (SSSR count). The van der Waals surface area contributed by atoms with Gasteiger partial charge in [-0.1, -0.05) is 30.4 Å². The van der Waals surface area contributed by atoms with Gasteiger partial charge in [0.15, 0.2) is 0 Å². The fraction of sp³-hybridized carbons (Fsp3) is 0.100. The lowest BCUT2D eigenvalue weighted by Crippen LogP contribution is -2.08. The molecular formula is C10H11NS2. The number of thioether (sulfide) groups is 1. The molecule has 0 radical (unpaired) electrons. The van der Waals surface area contributed by atoms with Gasteiger partial charge in [0.2, 0.25) is 0 Å². The smallest absolute Gasteiger partial charge is 0.103 e. The maximum Gasteiger partial charge on any atom is 0.103 e. The van der Waals surface area contributed by atoms with E-state index in [1.54, 1.807) is 11.8 Å². The molecule has 0 saturated carbocycles. The summed E-state index contributed by atoms with van der Waals surface area (Å²) < 4.78 is 0. The van der Waals surface area contributed by atoms with Gasteiger partial charge in [-0.3, -0.25) is 0 Å². The Labute approximate surface area is 88.0 Å². The van der Waals surface area contributed by atoms with Crippen molar-refractivity contribution in [2.45, 2.75) is 4.90 Å². The molecule has 0 atom stereocenters. The van der Waals surface area contributed by atoms with Gasteiger partial charge in [-0.05, 0) is 12.1 Å². The molecule has 0 aromatic heterocycles. The van der Waals surface area contributed by atoms with E-state index in [1.807, 2.05) is 30.3 Å². The van der Waals surface area contributed by atoms with E-state index in [1.165, 1.54) is 4.90 Å². The molecule has 68 valence electrons. The van der Waals surface area contributed by atoms with E-state index in [4.69, 9.17) is 18.0 Å². The Kier molecular flexibility index (Phi) is 3.99. The molecule has 0 unspecified atom stereocenters. The topological polar surface area (TPSA) is 26.0 Å². The summed E-state index contributed by atoms with van der Waals surface area (Å²) in [4.78, 5) is 1.65. The summed E-state index contributed by atoms with van der Waals surface area (Å²) in [5.41, 5.74) is 6.39. The van der Waals surface area contributed by atoms with Crippen molar-refractivity contribution in [3.63, 3.8) is 0 Å². The quantitative estimate of drug-likeness (QED) is 0.469. The normalized spacial score (nSPS) is 9.54. The molecule has 13 heavy (non-hydrogen) atoms. The van der Waals surface area contributed by atoms with Crippen LogP contribution in [-0.2, 0) is 0 Å². The highest BCUT2D eigenvalue weighted by atomic mass is 32.2. The fourth-order valence-corrected chi connectivity index (χ4v) is 1.65. The van der Waals surface area contributed by atoms with Crippen molar-refractivity contribution in [1.29, 1.82) is 0 Å². The van der Waals surface area contributed by atoms with Gasteiger partial charge in [0.05, 0.1) is 0 Å². The van der Waals surface area contributed by atoms with Crippen molar-refractivity contribution in [3.05, 3.63) is 42.5 Å². The molecule has 1 aromatic rings. The molecule has 0 fully saturated rings. The zero-order chi connectivity index (χ0) is 9.68. The lowest BCUT2D eigenvalue weighted by molar-refractivity contribution is 1.44. The fourth-order valence-electron chi connectivity index (χ4n) is 0.871. The summed E-state index contributed by atoms with van der Waals surface area (Å²) in [5, 5.41) is 0. The first kappa shape index (κ1) is 10.3. The average molecular weight is 209 g/mol. The second-order valence-corrected chi connectivity index (χ2v) is 4.02. The molecular weight excluding hydrogens is 198 g/mol. The number of hydrogen-bond acceptors (Lipinski definition) is 2. The van der Waals surface area contributed by atoms with Crippen LogP contribution in [0.4, 0.5) is 0 Å². The lowest BCUT2D eigenvalue weighted by Gasteiger charge is -2.00. The first-order valence-corrected chi connectivity index (χ1v) is 5.27. The van der Waals surface area contributed by atoms with Crippen LogP contribution in [0.15, 0.2) is 41.8 Å². The van der Waals surface area contributed by atoms with Crippen LogP contribution in [0.5, 0.6) is 0 Å². The SMILES string of the molecule is C=CCSc1ccc(C(N)=S)cc1. The highest BCUT2D eigenvalue weighted by molar-refractivity contribution is 7.99. The standard InChI is InChI=1S/C10H11NS2/c1-2-7-13-9-5-3-8(4-6-9)10(11)12/h2-6H,1,7H2,(H2,11,12). The first-order valence-electron chi connectivity index (χ1n) is 3.87. The summed E-state index contributed by atoms with van der Waals surface area (Å²) in [7, 11) is 0. The van der Waals surface area contributed by atoms with Crippen LogP contribution in [0.25, 0.3) is 0 Å². The highest BCUT2D eigenvalue weighted by Crippen LogP contribution is 2.18. The second-order valence-electron chi connectivity index (χ2n) is 2.49. The van der Waals surface area contributed by atoms with Gasteiger partial charge in [-0.25, -0.2) is 0 Å². The van der Waals surface area contributed by atoms with Crippen LogP contribution in [0.1, 0.15) is 5.56 Å². The Bertz CT molecular complexity index is 303. The minimum atomic E-state index is 0.445. The van der Waals surface area contributed by atoms with E-state index in [0.29, 0.717) is 4.99 Å². The monoisotopic (exact) mass is 209 g/mol. The Hall–Kier alpha value is -0.800. The van der Waals surface area contributed by atoms with Crippen LogP contribution in [0, 0.1) is 0 Å². The van der Waals surface area contributed by atoms with Gasteiger partial charge in [-0.2, -0.15) is 0 Å². The zero-order valence-corrected chi connectivity index (χ0v) is 8.83. The van der Waals surface area contributed by atoms with Crippen molar-refractivity contribution >= 4 is 29.0 Å². The predicted octanol–water partition coefficient (Wildman–Crippen LogP) is 2.60. The molecule has 0 bridgehead atoms. The molecule has 1 aromatic carbocycles. The van der Waals surface area contributed by atoms with Gasteiger partial charge >= 0.3 is 0 Å². The van der Waals surface area contributed by atoms with Crippen molar-refractivity contribution < 1.29 is 0 Å². The Morgan fingerprint density at radius 3 is 2.54 bits per heavy atom. The number of nitrogens with two attached hydrogens (primary N) is 1. The summed E-state index contributed by atoms with van der Waals surface area (Å²) >= 11 is 6.59. The molecule has 1 nitrogen and oxygen atoms in total. The molecule has 0 heterocycles. The van der Waals surface area contributed by atoms with Crippen LogP contribution >= 0.6 is 24.0 Å². The van der Waals surface area contributed by atoms with E-state index in [9.17, 15) is 0 Å². The van der Waals surface area contributed by atoms with Gasteiger partial charge < -0.3 is 5.73 Å². The summed E-state index contributed by atoms with van der Waals surface area (Å²) in [6, 6.07) is 7.91. The second kappa shape index (κ2) is 5.04. The van der Waals surface area contributed by atoms with Crippen LogP contribution in [0.2, 0.25) is 0 Å². The van der Waals surface area contributed by atoms with E-state index >= 15 is 0 Å². The summed E-state index contributed by atoms with van der Waals surface area (Å²) in [6.45, 7) is 3.66. The summed E-state index contributed by atoms with van der Waals surface area (Å²) in [5.74, 6) is 0.923. The lowest BCUT2D eigenvalue weighted by atomic mass is 10.2. The Morgan fingerprint density at radius 1 is 1.46 bits per heavy atom. The molecule has 0 amide bonds. The molecule has 0 aliphatic carbocycles. The number of rotatable bonds is 4.